The zero-order valence-electron chi connectivity index (χ0n) is 33.2. The number of methoxy groups -OCH3 is 1. The highest BCUT2D eigenvalue weighted by molar-refractivity contribution is 5.73. The first-order chi connectivity index (χ1) is 23.5. The standard InChI is InChI=1S/C37H70N2O12/c1-14-26-37(10,45)30(41)19(2)18-38-20(3)16-35(8,44)32(51-34-28(40)25(39(11)12)15-21(4)47-34)22(5)29(23(6)33(43)49-26)50-27-17-36(9,46-13)31(42)24(7)48-27/h19-32,34,38,40-42,44-45H,14-18H2,1-13H3/t19-,20+,21+,22-,23+,24-,25-,26+,27-,28+,29-,30+,31-,32+,34-,35?,36+,37?/m0/s1. The maximum Gasteiger partial charge on any atom is 0.311 e. The number of hydrogen-bond acceptors (Lipinski definition) is 14. The Kier molecular flexibility index (Phi) is 15.3. The quantitative estimate of drug-likeness (QED) is 0.207. The summed E-state index contributed by atoms with van der Waals surface area (Å²) in [4.78, 5) is 16.1. The molecule has 14 nitrogen and oxygen atoms in total. The molecule has 0 aliphatic carbocycles. The van der Waals surface area contributed by atoms with E-state index in [1.165, 1.54) is 14.0 Å². The van der Waals surface area contributed by atoms with E-state index in [2.05, 4.69) is 5.32 Å². The third-order valence-corrected chi connectivity index (χ3v) is 11.7. The molecule has 0 aromatic carbocycles. The molecule has 3 aliphatic rings. The second-order valence-electron chi connectivity index (χ2n) is 16.7. The van der Waals surface area contributed by atoms with Crippen LogP contribution in [0.4, 0.5) is 0 Å². The van der Waals surface area contributed by atoms with Gasteiger partial charge in [0.25, 0.3) is 0 Å². The Hall–Kier alpha value is -1.01. The minimum Gasteiger partial charge on any atom is -0.459 e. The number of carbonyl (C=O) groups is 1. The molecule has 3 heterocycles. The molecular formula is C37H70N2O12. The second kappa shape index (κ2) is 17.6. The van der Waals surface area contributed by atoms with Gasteiger partial charge in [-0.25, -0.2) is 0 Å². The summed E-state index contributed by atoms with van der Waals surface area (Å²) in [7, 11) is 5.26. The largest absolute Gasteiger partial charge is 0.459 e. The number of cyclic esters (lactones) is 1. The zero-order chi connectivity index (χ0) is 38.8. The highest BCUT2D eigenvalue weighted by Crippen LogP contribution is 2.39. The Balaban J connectivity index is 2.15. The monoisotopic (exact) mass is 734 g/mol. The van der Waals surface area contributed by atoms with Crippen LogP contribution in [0.1, 0.15) is 94.9 Å². The van der Waals surface area contributed by atoms with Crippen molar-refractivity contribution in [1.29, 1.82) is 0 Å². The van der Waals surface area contributed by atoms with Gasteiger partial charge in [0.2, 0.25) is 0 Å². The first-order valence-electron chi connectivity index (χ1n) is 18.8. The number of carbonyl (C=O) groups excluding carboxylic acids is 1. The van der Waals surface area contributed by atoms with Crippen molar-refractivity contribution in [2.24, 2.45) is 17.8 Å². The molecule has 300 valence electrons. The molecular weight excluding hydrogens is 664 g/mol. The van der Waals surface area contributed by atoms with Gasteiger partial charge < -0.3 is 64.2 Å². The average molecular weight is 735 g/mol. The lowest BCUT2D eigenvalue weighted by atomic mass is 9.78. The highest BCUT2D eigenvalue weighted by Gasteiger charge is 2.52. The number of ether oxygens (including phenoxy) is 6. The second-order valence-corrected chi connectivity index (χ2v) is 16.7. The van der Waals surface area contributed by atoms with Crippen molar-refractivity contribution in [2.45, 2.75) is 185 Å². The summed E-state index contributed by atoms with van der Waals surface area (Å²) in [5.41, 5.74) is -4.38. The van der Waals surface area contributed by atoms with E-state index in [4.69, 9.17) is 28.4 Å². The summed E-state index contributed by atoms with van der Waals surface area (Å²) in [5, 5.41) is 61.1. The van der Waals surface area contributed by atoms with Gasteiger partial charge in [0.1, 0.15) is 23.9 Å². The molecule has 0 amide bonds. The Morgan fingerprint density at radius 1 is 0.941 bits per heavy atom. The Morgan fingerprint density at radius 3 is 2.14 bits per heavy atom. The van der Waals surface area contributed by atoms with Crippen molar-refractivity contribution < 1.29 is 58.7 Å². The first kappa shape index (κ1) is 44.4. The van der Waals surface area contributed by atoms with Crippen LogP contribution in [-0.4, -0.2) is 154 Å². The van der Waals surface area contributed by atoms with Crippen LogP contribution in [0.5, 0.6) is 0 Å². The van der Waals surface area contributed by atoms with Crippen molar-refractivity contribution in [3.63, 3.8) is 0 Å². The lowest BCUT2D eigenvalue weighted by Gasteiger charge is -2.48. The number of nitrogens with one attached hydrogen (secondary N) is 1. The minimum absolute atomic E-state index is 0.131. The van der Waals surface area contributed by atoms with E-state index in [9.17, 15) is 30.3 Å². The molecule has 0 bridgehead atoms. The molecule has 14 heteroatoms. The molecule has 0 aromatic heterocycles. The molecule has 6 N–H and O–H groups in total. The Labute approximate surface area is 305 Å². The van der Waals surface area contributed by atoms with Crippen LogP contribution >= 0.6 is 0 Å². The van der Waals surface area contributed by atoms with Crippen LogP contribution in [0, 0.1) is 17.8 Å². The van der Waals surface area contributed by atoms with Gasteiger partial charge in [-0.3, -0.25) is 4.79 Å². The number of hydrogen-bond donors (Lipinski definition) is 6. The molecule has 51 heavy (non-hydrogen) atoms. The fraction of sp³-hybridized carbons (Fsp3) is 0.973. The summed E-state index contributed by atoms with van der Waals surface area (Å²) in [6.07, 6.45) is -8.23. The molecule has 0 saturated carbocycles. The SMILES string of the molecule is CC[C@H]1OC(=O)[C@H](C)[C@@H](O[C@H]2C[C@@](C)(OC)[C@@H](O)[C@H](C)O2)[C@H](C)[C@@H](O[C@@H]2O[C@H](C)C[C@H](N(C)C)[C@H]2O)C(C)(O)C[C@@H](C)NC[C@H](C)[C@@H](O)C1(C)O. The van der Waals surface area contributed by atoms with E-state index >= 15 is 0 Å². The van der Waals surface area contributed by atoms with Crippen LogP contribution in [-0.2, 0) is 33.2 Å². The van der Waals surface area contributed by atoms with Gasteiger partial charge >= 0.3 is 5.97 Å². The molecule has 3 rings (SSSR count). The smallest absolute Gasteiger partial charge is 0.311 e. The number of rotatable bonds is 7. The molecule has 0 radical (unpaired) electrons. The highest BCUT2D eigenvalue weighted by atomic mass is 16.7. The van der Waals surface area contributed by atoms with Crippen LogP contribution in [0.15, 0.2) is 0 Å². The maximum absolute atomic E-state index is 14.1. The molecule has 3 fully saturated rings. The van der Waals surface area contributed by atoms with E-state index in [1.807, 2.05) is 39.8 Å². The fourth-order valence-electron chi connectivity index (χ4n) is 8.35. The van der Waals surface area contributed by atoms with Gasteiger partial charge in [-0.1, -0.05) is 20.8 Å². The summed E-state index contributed by atoms with van der Waals surface area (Å²) >= 11 is 0. The van der Waals surface area contributed by atoms with Crippen LogP contribution < -0.4 is 5.32 Å². The zero-order valence-corrected chi connectivity index (χ0v) is 33.2. The Bertz CT molecular complexity index is 1110. The third kappa shape index (κ3) is 10.2. The van der Waals surface area contributed by atoms with Gasteiger partial charge in [0.05, 0.1) is 47.6 Å². The normalized spacial score (nSPS) is 49.9. The predicted octanol–water partition coefficient (Wildman–Crippen LogP) is 1.56. The lowest BCUT2D eigenvalue weighted by Crippen LogP contribution is -2.60. The Morgan fingerprint density at radius 2 is 1.57 bits per heavy atom. The van der Waals surface area contributed by atoms with Gasteiger partial charge in [0, 0.05) is 38.1 Å². The molecule has 3 aliphatic heterocycles. The van der Waals surface area contributed by atoms with Crippen molar-refractivity contribution >= 4 is 5.97 Å². The molecule has 3 saturated heterocycles. The number of aliphatic hydroxyl groups excluding tert-OH is 3. The molecule has 0 spiro atoms. The van der Waals surface area contributed by atoms with E-state index in [0.29, 0.717) is 13.0 Å². The number of aliphatic hydroxyl groups is 5. The molecule has 2 unspecified atom stereocenters. The van der Waals surface area contributed by atoms with Crippen molar-refractivity contribution in [1.82, 2.24) is 10.2 Å². The van der Waals surface area contributed by atoms with Crippen molar-refractivity contribution in [2.75, 3.05) is 27.7 Å². The van der Waals surface area contributed by atoms with Gasteiger partial charge in [-0.2, -0.15) is 0 Å². The number of nitrogens with zero attached hydrogens (tertiary/aromatic N) is 1. The van der Waals surface area contributed by atoms with Gasteiger partial charge in [-0.15, -0.1) is 0 Å². The number of esters is 1. The van der Waals surface area contributed by atoms with Gasteiger partial charge in [-0.05, 0) is 87.7 Å². The first-order valence-corrected chi connectivity index (χ1v) is 18.8. The predicted molar refractivity (Wildman–Crippen MR) is 190 cm³/mol. The van der Waals surface area contributed by atoms with Gasteiger partial charge in [0.15, 0.2) is 12.6 Å². The van der Waals surface area contributed by atoms with Crippen molar-refractivity contribution in [3.05, 3.63) is 0 Å². The average Bonchev–Trinajstić information content (AvgIpc) is 3.05. The molecule has 0 aromatic rings. The van der Waals surface area contributed by atoms with Crippen molar-refractivity contribution in [3.8, 4) is 0 Å². The summed E-state index contributed by atoms with van der Waals surface area (Å²) in [6.45, 7) is 17.7. The number of likely N-dealkylation sites (N-methyl/N-ethyl adjacent to an activating group) is 1. The minimum atomic E-state index is -1.78. The van der Waals surface area contributed by atoms with E-state index < -0.39 is 95.8 Å². The van der Waals surface area contributed by atoms with Crippen LogP contribution in [0.25, 0.3) is 0 Å². The van der Waals surface area contributed by atoms with E-state index in [0.717, 1.165) is 0 Å². The van der Waals surface area contributed by atoms with Crippen LogP contribution in [0.2, 0.25) is 0 Å². The van der Waals surface area contributed by atoms with E-state index in [-0.39, 0.29) is 37.5 Å². The maximum atomic E-state index is 14.1. The van der Waals surface area contributed by atoms with Crippen LogP contribution in [0.3, 0.4) is 0 Å². The summed E-state index contributed by atoms with van der Waals surface area (Å²) in [6, 6.07) is -0.568. The molecule has 18 atom stereocenters. The summed E-state index contributed by atoms with van der Waals surface area (Å²) < 4.78 is 37.4. The topological polar surface area (TPSA) is 189 Å². The lowest BCUT2D eigenvalue weighted by molar-refractivity contribution is -0.317. The van der Waals surface area contributed by atoms with E-state index in [1.54, 1.807) is 41.5 Å². The fourth-order valence-corrected chi connectivity index (χ4v) is 8.35. The third-order valence-electron chi connectivity index (χ3n) is 11.7. The summed E-state index contributed by atoms with van der Waals surface area (Å²) in [5.74, 6) is -2.90.